The summed E-state index contributed by atoms with van der Waals surface area (Å²) in [5, 5.41) is 0. The van der Waals surface area contributed by atoms with Crippen LogP contribution in [0.25, 0.3) is 0 Å². The predicted molar refractivity (Wildman–Crippen MR) is 103 cm³/mol. The molecule has 0 atom stereocenters. The third kappa shape index (κ3) is 5.09. The first-order chi connectivity index (χ1) is 13.5. The minimum Gasteiger partial charge on any atom is -0.490 e. The zero-order valence-electron chi connectivity index (χ0n) is 15.7. The lowest BCUT2D eigenvalue weighted by molar-refractivity contribution is 0.0730. The molecule has 1 aliphatic heterocycles. The van der Waals surface area contributed by atoms with Crippen molar-refractivity contribution in [1.29, 1.82) is 0 Å². The Morgan fingerprint density at radius 3 is 2.29 bits per heavy atom. The van der Waals surface area contributed by atoms with E-state index in [2.05, 4.69) is 0 Å². The third-order valence-electron chi connectivity index (χ3n) is 4.29. The van der Waals surface area contributed by atoms with E-state index in [1.807, 2.05) is 0 Å². The maximum Gasteiger partial charge on any atom is 0.243 e. The molecule has 150 valence electrons. The summed E-state index contributed by atoms with van der Waals surface area (Å²) in [6.45, 7) is 3.65. The van der Waals surface area contributed by atoms with Gasteiger partial charge >= 0.3 is 0 Å². The fourth-order valence-corrected chi connectivity index (χ4v) is 4.18. The number of rotatable bonds is 8. The molecule has 0 amide bonds. The maximum atomic E-state index is 12.6. The van der Waals surface area contributed by atoms with Crippen LogP contribution in [0.5, 0.6) is 11.5 Å². The fourth-order valence-electron chi connectivity index (χ4n) is 2.77. The number of ketones is 1. The van der Waals surface area contributed by atoms with Crippen molar-refractivity contribution in [1.82, 2.24) is 4.31 Å². The normalized spacial score (nSPS) is 15.2. The van der Waals surface area contributed by atoms with Gasteiger partial charge in [0.25, 0.3) is 0 Å². The van der Waals surface area contributed by atoms with Gasteiger partial charge in [-0.25, -0.2) is 8.42 Å². The summed E-state index contributed by atoms with van der Waals surface area (Å²) < 4.78 is 43.0. The Labute approximate surface area is 164 Å². The molecule has 1 heterocycles. The maximum absolute atomic E-state index is 12.6. The summed E-state index contributed by atoms with van der Waals surface area (Å²) in [5.41, 5.74) is 0.593. The zero-order chi connectivity index (χ0) is 20.0. The number of ether oxygens (including phenoxy) is 3. The molecule has 3 rings (SSSR count). The Morgan fingerprint density at radius 2 is 1.64 bits per heavy atom. The number of hydrogen-bond acceptors (Lipinski definition) is 6. The van der Waals surface area contributed by atoms with E-state index in [-0.39, 0.29) is 10.7 Å². The van der Waals surface area contributed by atoms with Crippen molar-refractivity contribution in [3.63, 3.8) is 0 Å². The Balaban J connectivity index is 1.51. The van der Waals surface area contributed by atoms with Crippen LogP contribution in [0, 0.1) is 0 Å². The van der Waals surface area contributed by atoms with Crippen LogP contribution in [-0.4, -0.2) is 58.0 Å². The Hall–Kier alpha value is -2.42. The smallest absolute Gasteiger partial charge is 0.243 e. The van der Waals surface area contributed by atoms with Gasteiger partial charge in [-0.15, -0.1) is 0 Å². The number of carbonyl (C=O) groups excluding carboxylic acids is 1. The highest BCUT2D eigenvalue weighted by atomic mass is 32.2. The number of Topliss-reactive ketones (excluding diaryl/α,β-unsaturated/α-hetero) is 1. The number of carbonyl (C=O) groups is 1. The summed E-state index contributed by atoms with van der Waals surface area (Å²) in [7, 11) is -3.51. The average molecular weight is 405 g/mol. The molecule has 1 aliphatic rings. The number of sulfonamides is 1. The molecule has 8 heteroatoms. The lowest BCUT2D eigenvalue weighted by Crippen LogP contribution is -2.40. The molecule has 1 fully saturated rings. The lowest BCUT2D eigenvalue weighted by atomic mass is 10.1. The molecule has 0 unspecified atom stereocenters. The summed E-state index contributed by atoms with van der Waals surface area (Å²) >= 11 is 0. The van der Waals surface area contributed by atoms with E-state index in [1.54, 1.807) is 36.4 Å². The molecule has 28 heavy (non-hydrogen) atoms. The Kier molecular flexibility index (Phi) is 6.66. The number of morpholine rings is 1. The first-order valence-electron chi connectivity index (χ1n) is 9.01. The van der Waals surface area contributed by atoms with Gasteiger partial charge in [-0.1, -0.05) is 12.1 Å². The summed E-state index contributed by atoms with van der Waals surface area (Å²) in [5.74, 6) is 1.14. The third-order valence-corrected chi connectivity index (χ3v) is 6.21. The van der Waals surface area contributed by atoms with Gasteiger partial charge in [-0.3, -0.25) is 4.79 Å². The minimum absolute atomic E-state index is 0.0196. The second-order valence-corrected chi connectivity index (χ2v) is 8.21. The SMILES string of the molecule is CC(=O)c1cccc(OCCOc2ccc(S(=O)(=O)N3CCOCC3)cc2)c1. The van der Waals surface area contributed by atoms with E-state index < -0.39 is 10.0 Å². The van der Waals surface area contributed by atoms with Crippen LogP contribution in [0.4, 0.5) is 0 Å². The van der Waals surface area contributed by atoms with Crippen LogP contribution in [0.3, 0.4) is 0 Å². The molecule has 2 aromatic rings. The molecular weight excluding hydrogens is 382 g/mol. The molecule has 0 spiro atoms. The highest BCUT2D eigenvalue weighted by molar-refractivity contribution is 7.89. The van der Waals surface area contributed by atoms with Crippen molar-refractivity contribution >= 4 is 15.8 Å². The van der Waals surface area contributed by atoms with Crippen LogP contribution in [0.15, 0.2) is 53.4 Å². The highest BCUT2D eigenvalue weighted by Crippen LogP contribution is 2.20. The Morgan fingerprint density at radius 1 is 1.00 bits per heavy atom. The quantitative estimate of drug-likeness (QED) is 0.495. The van der Waals surface area contributed by atoms with Gasteiger partial charge < -0.3 is 14.2 Å². The van der Waals surface area contributed by atoms with Gasteiger partial charge in [0.1, 0.15) is 24.7 Å². The second kappa shape index (κ2) is 9.18. The average Bonchev–Trinajstić information content (AvgIpc) is 2.72. The number of hydrogen-bond donors (Lipinski definition) is 0. The molecule has 0 aromatic heterocycles. The van der Waals surface area contributed by atoms with Crippen molar-refractivity contribution in [2.75, 3.05) is 39.5 Å². The summed E-state index contributed by atoms with van der Waals surface area (Å²) in [4.78, 5) is 11.6. The van der Waals surface area contributed by atoms with Gasteiger partial charge in [-0.2, -0.15) is 4.31 Å². The molecule has 0 N–H and O–H groups in total. The van der Waals surface area contributed by atoms with Crippen LogP contribution in [0.1, 0.15) is 17.3 Å². The predicted octanol–water partition coefficient (Wildman–Crippen LogP) is 2.37. The lowest BCUT2D eigenvalue weighted by Gasteiger charge is -2.26. The first-order valence-corrected chi connectivity index (χ1v) is 10.5. The van der Waals surface area contributed by atoms with Crippen LogP contribution in [0.2, 0.25) is 0 Å². The number of benzene rings is 2. The van der Waals surface area contributed by atoms with Crippen molar-refractivity contribution in [3.05, 3.63) is 54.1 Å². The highest BCUT2D eigenvalue weighted by Gasteiger charge is 2.26. The number of nitrogens with zero attached hydrogens (tertiary/aromatic N) is 1. The molecule has 0 bridgehead atoms. The molecule has 0 radical (unpaired) electrons. The zero-order valence-corrected chi connectivity index (χ0v) is 16.5. The largest absolute Gasteiger partial charge is 0.490 e. The summed E-state index contributed by atoms with van der Waals surface area (Å²) in [6.07, 6.45) is 0. The molecule has 7 nitrogen and oxygen atoms in total. The van der Waals surface area contributed by atoms with E-state index in [4.69, 9.17) is 14.2 Å². The van der Waals surface area contributed by atoms with Gasteiger partial charge in [0, 0.05) is 18.7 Å². The monoisotopic (exact) mass is 405 g/mol. The van der Waals surface area contributed by atoms with Gasteiger partial charge in [0.15, 0.2) is 5.78 Å². The summed E-state index contributed by atoms with van der Waals surface area (Å²) in [6, 6.07) is 13.3. The van der Waals surface area contributed by atoms with Crippen molar-refractivity contribution in [2.45, 2.75) is 11.8 Å². The van der Waals surface area contributed by atoms with E-state index in [9.17, 15) is 13.2 Å². The van der Waals surface area contributed by atoms with Crippen LogP contribution in [-0.2, 0) is 14.8 Å². The van der Waals surface area contributed by atoms with Crippen LogP contribution >= 0.6 is 0 Å². The van der Waals surface area contributed by atoms with Gasteiger partial charge in [-0.05, 0) is 43.3 Å². The minimum atomic E-state index is -3.51. The standard InChI is InChI=1S/C20H23NO6S/c1-16(22)17-3-2-4-19(15-17)27-14-13-26-18-5-7-20(8-6-18)28(23,24)21-9-11-25-12-10-21/h2-8,15H,9-14H2,1H3. The molecule has 0 aliphatic carbocycles. The van der Waals surface area contributed by atoms with E-state index >= 15 is 0 Å². The molecule has 0 saturated carbocycles. The van der Waals surface area contributed by atoms with Crippen LogP contribution < -0.4 is 9.47 Å². The van der Waals surface area contributed by atoms with E-state index in [0.717, 1.165) is 0 Å². The fraction of sp³-hybridized carbons (Fsp3) is 0.350. The molecule has 2 aromatic carbocycles. The van der Waals surface area contributed by atoms with E-state index in [0.29, 0.717) is 56.6 Å². The Bertz CT molecular complexity index is 905. The van der Waals surface area contributed by atoms with Gasteiger partial charge in [0.05, 0.1) is 18.1 Å². The van der Waals surface area contributed by atoms with Gasteiger partial charge in [0.2, 0.25) is 10.0 Å². The molecule has 1 saturated heterocycles. The van der Waals surface area contributed by atoms with Crippen molar-refractivity contribution < 1.29 is 27.4 Å². The first kappa shape index (κ1) is 20.3. The topological polar surface area (TPSA) is 82.1 Å². The van der Waals surface area contributed by atoms with E-state index in [1.165, 1.54) is 23.4 Å². The molecular formula is C20H23NO6S. The van der Waals surface area contributed by atoms with Crippen molar-refractivity contribution in [2.24, 2.45) is 0 Å². The van der Waals surface area contributed by atoms with Crippen molar-refractivity contribution in [3.8, 4) is 11.5 Å². The second-order valence-electron chi connectivity index (χ2n) is 6.27.